The SMILES string of the molecule is CCN(c1cccc(F)c1)c1c(F)cc(CCN)cc1F. The molecule has 0 aliphatic carbocycles. The summed E-state index contributed by atoms with van der Waals surface area (Å²) in [7, 11) is 0. The number of nitrogens with zero attached hydrogens (tertiary/aromatic N) is 1. The zero-order valence-corrected chi connectivity index (χ0v) is 11.7. The van der Waals surface area contributed by atoms with Crippen LogP contribution < -0.4 is 10.6 Å². The van der Waals surface area contributed by atoms with Gasteiger partial charge < -0.3 is 10.6 Å². The summed E-state index contributed by atoms with van der Waals surface area (Å²) in [6.07, 6.45) is 0.403. The van der Waals surface area contributed by atoms with Gasteiger partial charge in [0.05, 0.1) is 0 Å². The molecule has 0 aliphatic heterocycles. The van der Waals surface area contributed by atoms with Gasteiger partial charge in [-0.25, -0.2) is 13.2 Å². The maximum atomic E-state index is 14.2. The Bertz CT molecular complexity index is 606. The van der Waals surface area contributed by atoms with E-state index in [1.54, 1.807) is 13.0 Å². The lowest BCUT2D eigenvalue weighted by Gasteiger charge is -2.24. The maximum absolute atomic E-state index is 14.2. The summed E-state index contributed by atoms with van der Waals surface area (Å²) in [6.45, 7) is 2.38. The molecule has 0 unspecified atom stereocenters. The van der Waals surface area contributed by atoms with Crippen molar-refractivity contribution in [2.45, 2.75) is 13.3 Å². The summed E-state index contributed by atoms with van der Waals surface area (Å²) in [4.78, 5) is 1.40. The predicted molar refractivity (Wildman–Crippen MR) is 78.2 cm³/mol. The molecule has 2 aromatic rings. The Morgan fingerprint density at radius 1 is 1.05 bits per heavy atom. The van der Waals surface area contributed by atoms with E-state index < -0.39 is 17.5 Å². The van der Waals surface area contributed by atoms with Gasteiger partial charge in [-0.2, -0.15) is 0 Å². The third-order valence-corrected chi connectivity index (χ3v) is 3.22. The lowest BCUT2D eigenvalue weighted by Crippen LogP contribution is -2.19. The summed E-state index contributed by atoms with van der Waals surface area (Å²) >= 11 is 0. The number of benzene rings is 2. The Morgan fingerprint density at radius 3 is 2.24 bits per heavy atom. The van der Waals surface area contributed by atoms with Gasteiger partial charge in [0.2, 0.25) is 0 Å². The van der Waals surface area contributed by atoms with Crippen LogP contribution >= 0.6 is 0 Å². The minimum atomic E-state index is -0.676. The summed E-state index contributed by atoms with van der Waals surface area (Å²) in [6, 6.07) is 8.19. The fourth-order valence-corrected chi connectivity index (χ4v) is 2.30. The van der Waals surface area contributed by atoms with E-state index in [0.717, 1.165) is 0 Å². The van der Waals surface area contributed by atoms with Crippen molar-refractivity contribution in [2.24, 2.45) is 5.73 Å². The minimum absolute atomic E-state index is 0.177. The number of hydrogen-bond acceptors (Lipinski definition) is 2. The molecule has 0 amide bonds. The van der Waals surface area contributed by atoms with Crippen LogP contribution in [0.5, 0.6) is 0 Å². The van der Waals surface area contributed by atoms with Crippen molar-refractivity contribution < 1.29 is 13.2 Å². The Hall–Kier alpha value is -2.01. The van der Waals surface area contributed by atoms with Gasteiger partial charge in [0, 0.05) is 12.2 Å². The fraction of sp³-hybridized carbons (Fsp3) is 0.250. The number of hydrogen-bond donors (Lipinski definition) is 1. The van der Waals surface area contributed by atoms with Crippen LogP contribution in [-0.4, -0.2) is 13.1 Å². The fourth-order valence-electron chi connectivity index (χ4n) is 2.30. The standard InChI is InChI=1S/C16H17F3N2/c1-2-21(13-5-3-4-12(17)10-13)16-14(18)8-11(6-7-20)9-15(16)19/h3-5,8-10H,2,6-7,20H2,1H3. The van der Waals surface area contributed by atoms with Gasteiger partial charge in [0.1, 0.15) is 23.1 Å². The molecule has 0 spiro atoms. The molecule has 2 nitrogen and oxygen atoms in total. The molecular weight excluding hydrogens is 277 g/mol. The average Bonchev–Trinajstić information content (AvgIpc) is 2.43. The lowest BCUT2D eigenvalue weighted by atomic mass is 10.1. The van der Waals surface area contributed by atoms with Crippen molar-refractivity contribution in [3.63, 3.8) is 0 Å². The molecule has 0 fully saturated rings. The van der Waals surface area contributed by atoms with Crippen LogP contribution in [0.3, 0.4) is 0 Å². The van der Waals surface area contributed by atoms with Crippen molar-refractivity contribution in [1.82, 2.24) is 0 Å². The molecule has 0 aliphatic rings. The first-order valence-electron chi connectivity index (χ1n) is 6.78. The monoisotopic (exact) mass is 294 g/mol. The van der Waals surface area contributed by atoms with Gasteiger partial charge in [-0.3, -0.25) is 0 Å². The van der Waals surface area contributed by atoms with E-state index in [2.05, 4.69) is 0 Å². The van der Waals surface area contributed by atoms with Crippen molar-refractivity contribution in [2.75, 3.05) is 18.0 Å². The second-order valence-corrected chi connectivity index (χ2v) is 4.67. The highest BCUT2D eigenvalue weighted by Crippen LogP contribution is 2.31. The first-order valence-corrected chi connectivity index (χ1v) is 6.78. The van der Waals surface area contributed by atoms with Crippen molar-refractivity contribution in [1.29, 1.82) is 0 Å². The highest BCUT2D eigenvalue weighted by molar-refractivity contribution is 5.64. The van der Waals surface area contributed by atoms with Crippen LogP contribution in [0.25, 0.3) is 0 Å². The highest BCUT2D eigenvalue weighted by atomic mass is 19.1. The molecule has 0 aromatic heterocycles. The highest BCUT2D eigenvalue weighted by Gasteiger charge is 2.18. The van der Waals surface area contributed by atoms with E-state index in [1.807, 2.05) is 0 Å². The zero-order chi connectivity index (χ0) is 15.4. The van der Waals surface area contributed by atoms with Gasteiger partial charge in [-0.1, -0.05) is 6.07 Å². The Morgan fingerprint density at radius 2 is 1.71 bits per heavy atom. The molecule has 5 heteroatoms. The number of rotatable bonds is 5. The van der Waals surface area contributed by atoms with Crippen LogP contribution in [0.15, 0.2) is 36.4 Å². The lowest BCUT2D eigenvalue weighted by molar-refractivity contribution is 0.577. The van der Waals surface area contributed by atoms with Crippen molar-refractivity contribution >= 4 is 11.4 Å². The molecular formula is C16H17F3N2. The number of halogens is 3. The molecule has 21 heavy (non-hydrogen) atoms. The van der Waals surface area contributed by atoms with Crippen LogP contribution in [0.4, 0.5) is 24.5 Å². The predicted octanol–water partition coefficient (Wildman–Crippen LogP) is 3.76. The van der Waals surface area contributed by atoms with E-state index in [4.69, 9.17) is 5.73 Å². The quantitative estimate of drug-likeness (QED) is 0.909. The topological polar surface area (TPSA) is 29.3 Å². The van der Waals surface area contributed by atoms with E-state index in [-0.39, 0.29) is 5.69 Å². The smallest absolute Gasteiger partial charge is 0.150 e. The van der Waals surface area contributed by atoms with Crippen LogP contribution in [0, 0.1) is 17.5 Å². The summed E-state index contributed by atoms with van der Waals surface area (Å²) in [5, 5.41) is 0. The first kappa shape index (κ1) is 15.4. The van der Waals surface area contributed by atoms with Crippen LogP contribution in [0.1, 0.15) is 12.5 Å². The molecule has 0 heterocycles. The molecule has 2 aromatic carbocycles. The Labute approximate surface area is 122 Å². The maximum Gasteiger partial charge on any atom is 0.150 e. The normalized spacial score (nSPS) is 10.7. The molecule has 2 N–H and O–H groups in total. The Balaban J connectivity index is 2.47. The molecule has 2 rings (SSSR count). The largest absolute Gasteiger partial charge is 0.337 e. The van der Waals surface area contributed by atoms with Gasteiger partial charge in [0.25, 0.3) is 0 Å². The van der Waals surface area contributed by atoms with E-state index in [9.17, 15) is 13.2 Å². The molecule has 112 valence electrons. The second kappa shape index (κ2) is 6.63. The van der Waals surface area contributed by atoms with Gasteiger partial charge in [-0.15, -0.1) is 0 Å². The van der Waals surface area contributed by atoms with Gasteiger partial charge in [0.15, 0.2) is 0 Å². The zero-order valence-electron chi connectivity index (χ0n) is 11.7. The first-order chi connectivity index (χ1) is 10.1. The number of anilines is 2. The van der Waals surface area contributed by atoms with Crippen LogP contribution in [-0.2, 0) is 6.42 Å². The minimum Gasteiger partial charge on any atom is -0.337 e. The van der Waals surface area contributed by atoms with E-state index in [0.29, 0.717) is 30.8 Å². The van der Waals surface area contributed by atoms with Crippen LogP contribution in [0.2, 0.25) is 0 Å². The van der Waals surface area contributed by atoms with Gasteiger partial charge in [-0.05, 0) is 55.8 Å². The third-order valence-electron chi connectivity index (χ3n) is 3.22. The summed E-state index contributed by atoms with van der Waals surface area (Å²) in [5.41, 5.74) is 6.13. The second-order valence-electron chi connectivity index (χ2n) is 4.67. The summed E-state index contributed by atoms with van der Waals surface area (Å²) in [5.74, 6) is -1.80. The average molecular weight is 294 g/mol. The Kier molecular flexibility index (Phi) is 4.85. The van der Waals surface area contributed by atoms with E-state index in [1.165, 1.54) is 35.2 Å². The number of nitrogens with two attached hydrogens (primary N) is 1. The third kappa shape index (κ3) is 3.36. The molecule has 0 saturated carbocycles. The van der Waals surface area contributed by atoms with Crippen molar-refractivity contribution in [3.8, 4) is 0 Å². The summed E-state index contributed by atoms with van der Waals surface area (Å²) < 4.78 is 41.8. The van der Waals surface area contributed by atoms with Gasteiger partial charge >= 0.3 is 0 Å². The molecule has 0 radical (unpaired) electrons. The van der Waals surface area contributed by atoms with E-state index >= 15 is 0 Å². The molecule has 0 atom stereocenters. The van der Waals surface area contributed by atoms with Crippen molar-refractivity contribution in [3.05, 3.63) is 59.4 Å². The molecule has 0 bridgehead atoms. The molecule has 0 saturated heterocycles.